The predicted molar refractivity (Wildman–Crippen MR) is 84.0 cm³/mol. The second kappa shape index (κ2) is 6.94. The Hall–Kier alpha value is -1.55. The molecule has 1 aromatic rings. The summed E-state index contributed by atoms with van der Waals surface area (Å²) in [5, 5.41) is 6.01. The van der Waals surface area contributed by atoms with Gasteiger partial charge < -0.3 is 10.6 Å². The average Bonchev–Trinajstić information content (AvgIpc) is 3.31. The Morgan fingerprint density at radius 3 is 2.76 bits per heavy atom. The second-order valence-corrected chi connectivity index (χ2v) is 6.36. The monoisotopic (exact) mass is 287 g/mol. The molecular formula is C17H25N3O. The lowest BCUT2D eigenvalue weighted by atomic mass is 9.97. The Morgan fingerprint density at radius 2 is 2.00 bits per heavy atom. The minimum absolute atomic E-state index is 0.0117. The van der Waals surface area contributed by atoms with E-state index >= 15 is 0 Å². The lowest BCUT2D eigenvalue weighted by Crippen LogP contribution is -2.43. The summed E-state index contributed by atoms with van der Waals surface area (Å²) in [4.78, 5) is 14.2. The first kappa shape index (κ1) is 14.4. The van der Waals surface area contributed by atoms with Crippen LogP contribution < -0.4 is 10.6 Å². The standard InChI is InChI=1S/C17H25N3O/c21-17(19-16-8-9-16)18-11-15-7-4-10-20(13-15)12-14-5-2-1-3-6-14/h1-3,5-6,15-16H,4,7-13H2,(H2,18,19,21)/t15-/m1/s1. The Kier molecular flexibility index (Phi) is 4.76. The van der Waals surface area contributed by atoms with E-state index in [1.807, 2.05) is 0 Å². The Labute approximate surface area is 126 Å². The summed E-state index contributed by atoms with van der Waals surface area (Å²) in [6, 6.07) is 11.1. The SMILES string of the molecule is O=C(NC[C@H]1CCCN(Cc2ccccc2)C1)NC1CC1. The maximum Gasteiger partial charge on any atom is 0.315 e. The molecule has 0 spiro atoms. The Bertz CT molecular complexity index is 458. The maximum atomic E-state index is 11.7. The van der Waals surface area contributed by atoms with Crippen molar-refractivity contribution in [2.75, 3.05) is 19.6 Å². The quantitative estimate of drug-likeness (QED) is 0.873. The molecule has 1 aliphatic heterocycles. The lowest BCUT2D eigenvalue weighted by molar-refractivity contribution is 0.165. The molecule has 1 saturated carbocycles. The fourth-order valence-electron chi connectivity index (χ4n) is 3.00. The van der Waals surface area contributed by atoms with Crippen molar-refractivity contribution in [1.29, 1.82) is 0 Å². The van der Waals surface area contributed by atoms with Crippen molar-refractivity contribution in [2.24, 2.45) is 5.92 Å². The molecule has 114 valence electrons. The van der Waals surface area contributed by atoms with Crippen molar-refractivity contribution >= 4 is 6.03 Å². The molecule has 0 bridgehead atoms. The van der Waals surface area contributed by atoms with Crippen molar-refractivity contribution in [3.05, 3.63) is 35.9 Å². The van der Waals surface area contributed by atoms with Gasteiger partial charge in [0.25, 0.3) is 0 Å². The topological polar surface area (TPSA) is 44.4 Å². The van der Waals surface area contributed by atoms with Crippen LogP contribution in [0.4, 0.5) is 4.79 Å². The summed E-state index contributed by atoms with van der Waals surface area (Å²) in [5.41, 5.74) is 1.37. The highest BCUT2D eigenvalue weighted by Gasteiger charge is 2.24. The molecule has 1 aliphatic carbocycles. The van der Waals surface area contributed by atoms with E-state index in [1.54, 1.807) is 0 Å². The first-order valence-electron chi connectivity index (χ1n) is 8.10. The van der Waals surface area contributed by atoms with E-state index in [0.29, 0.717) is 12.0 Å². The molecule has 4 heteroatoms. The van der Waals surface area contributed by atoms with Gasteiger partial charge in [0.1, 0.15) is 0 Å². The number of likely N-dealkylation sites (tertiary alicyclic amines) is 1. The Morgan fingerprint density at radius 1 is 1.19 bits per heavy atom. The fourth-order valence-corrected chi connectivity index (χ4v) is 3.00. The second-order valence-electron chi connectivity index (χ2n) is 6.36. The molecular weight excluding hydrogens is 262 g/mol. The lowest BCUT2D eigenvalue weighted by Gasteiger charge is -2.32. The number of carbonyl (C=O) groups excluding carboxylic acids is 1. The van der Waals surface area contributed by atoms with Gasteiger partial charge in [0.05, 0.1) is 0 Å². The van der Waals surface area contributed by atoms with Gasteiger partial charge in [-0.15, -0.1) is 0 Å². The normalized spacial score (nSPS) is 22.8. The number of nitrogens with one attached hydrogen (secondary N) is 2. The largest absolute Gasteiger partial charge is 0.338 e. The van der Waals surface area contributed by atoms with Gasteiger partial charge in [-0.1, -0.05) is 30.3 Å². The fraction of sp³-hybridized carbons (Fsp3) is 0.588. The van der Waals surface area contributed by atoms with Crippen LogP contribution in [0.2, 0.25) is 0 Å². The van der Waals surface area contributed by atoms with Crippen molar-refractivity contribution < 1.29 is 4.79 Å². The van der Waals surface area contributed by atoms with Gasteiger partial charge in [-0.25, -0.2) is 4.79 Å². The van der Waals surface area contributed by atoms with Crippen LogP contribution in [0.1, 0.15) is 31.2 Å². The highest BCUT2D eigenvalue weighted by molar-refractivity contribution is 5.74. The molecule has 0 aromatic heterocycles. The molecule has 21 heavy (non-hydrogen) atoms. The van der Waals surface area contributed by atoms with Crippen LogP contribution in [0.3, 0.4) is 0 Å². The molecule has 0 radical (unpaired) electrons. The van der Waals surface area contributed by atoms with E-state index in [9.17, 15) is 4.79 Å². The molecule has 1 heterocycles. The summed E-state index contributed by atoms with van der Waals surface area (Å²) in [6.45, 7) is 4.06. The van der Waals surface area contributed by atoms with E-state index in [4.69, 9.17) is 0 Å². The number of hydrogen-bond acceptors (Lipinski definition) is 2. The van der Waals surface area contributed by atoms with E-state index in [1.165, 1.54) is 24.9 Å². The van der Waals surface area contributed by atoms with Crippen LogP contribution in [0.5, 0.6) is 0 Å². The van der Waals surface area contributed by atoms with Crippen molar-refractivity contribution in [3.8, 4) is 0 Å². The third kappa shape index (κ3) is 4.74. The van der Waals surface area contributed by atoms with Crippen LogP contribution >= 0.6 is 0 Å². The van der Waals surface area contributed by atoms with Gasteiger partial charge >= 0.3 is 6.03 Å². The van der Waals surface area contributed by atoms with Crippen LogP contribution in [0.15, 0.2) is 30.3 Å². The highest BCUT2D eigenvalue weighted by atomic mass is 16.2. The number of amides is 2. The number of piperidine rings is 1. The van der Waals surface area contributed by atoms with Crippen LogP contribution in [-0.4, -0.2) is 36.6 Å². The van der Waals surface area contributed by atoms with E-state index in [0.717, 1.165) is 32.5 Å². The highest BCUT2D eigenvalue weighted by Crippen LogP contribution is 2.19. The molecule has 2 fully saturated rings. The molecule has 4 nitrogen and oxygen atoms in total. The first-order chi connectivity index (χ1) is 10.3. The molecule has 2 N–H and O–H groups in total. The number of urea groups is 1. The van der Waals surface area contributed by atoms with Gasteiger partial charge in [-0.3, -0.25) is 4.90 Å². The number of benzene rings is 1. The maximum absolute atomic E-state index is 11.7. The third-order valence-corrected chi connectivity index (χ3v) is 4.32. The average molecular weight is 287 g/mol. The van der Waals surface area contributed by atoms with Crippen molar-refractivity contribution in [2.45, 2.75) is 38.3 Å². The smallest absolute Gasteiger partial charge is 0.315 e. The number of hydrogen-bond donors (Lipinski definition) is 2. The van der Waals surface area contributed by atoms with E-state index in [2.05, 4.69) is 45.9 Å². The summed E-state index contributed by atoms with van der Waals surface area (Å²) < 4.78 is 0. The minimum Gasteiger partial charge on any atom is -0.338 e. The molecule has 1 saturated heterocycles. The summed E-state index contributed by atoms with van der Waals surface area (Å²) in [5.74, 6) is 0.576. The number of carbonyl (C=O) groups is 1. The van der Waals surface area contributed by atoms with Crippen molar-refractivity contribution in [1.82, 2.24) is 15.5 Å². The zero-order chi connectivity index (χ0) is 14.5. The minimum atomic E-state index is 0.0117. The van der Waals surface area contributed by atoms with Crippen LogP contribution in [-0.2, 0) is 6.54 Å². The van der Waals surface area contributed by atoms with Gasteiger partial charge in [0.15, 0.2) is 0 Å². The van der Waals surface area contributed by atoms with E-state index < -0.39 is 0 Å². The summed E-state index contributed by atoms with van der Waals surface area (Å²) in [7, 11) is 0. The van der Waals surface area contributed by atoms with Crippen molar-refractivity contribution in [3.63, 3.8) is 0 Å². The molecule has 0 unspecified atom stereocenters. The molecule has 2 aliphatic rings. The summed E-state index contributed by atoms with van der Waals surface area (Å²) in [6.07, 6.45) is 4.72. The zero-order valence-electron chi connectivity index (χ0n) is 12.6. The zero-order valence-corrected chi connectivity index (χ0v) is 12.6. The molecule has 1 atom stereocenters. The third-order valence-electron chi connectivity index (χ3n) is 4.32. The van der Waals surface area contributed by atoms with Crippen LogP contribution in [0.25, 0.3) is 0 Å². The molecule has 3 rings (SSSR count). The van der Waals surface area contributed by atoms with Gasteiger partial charge in [0.2, 0.25) is 0 Å². The van der Waals surface area contributed by atoms with Crippen LogP contribution in [0, 0.1) is 5.92 Å². The predicted octanol–water partition coefficient (Wildman–Crippen LogP) is 2.36. The first-order valence-corrected chi connectivity index (χ1v) is 8.10. The molecule has 2 amide bonds. The van der Waals surface area contributed by atoms with Gasteiger partial charge in [-0.2, -0.15) is 0 Å². The van der Waals surface area contributed by atoms with Gasteiger partial charge in [-0.05, 0) is 43.7 Å². The number of rotatable bonds is 5. The summed E-state index contributed by atoms with van der Waals surface area (Å²) >= 11 is 0. The van der Waals surface area contributed by atoms with Gasteiger partial charge in [0, 0.05) is 25.7 Å². The number of nitrogens with zero attached hydrogens (tertiary/aromatic N) is 1. The Balaban J connectivity index is 1.41. The molecule has 1 aromatic carbocycles. The van der Waals surface area contributed by atoms with E-state index in [-0.39, 0.29) is 6.03 Å².